The highest BCUT2D eigenvalue weighted by atomic mass is 16.5. The minimum Gasteiger partial charge on any atom is -0.478 e. The Morgan fingerprint density at radius 3 is 2.17 bits per heavy atom. The molecule has 0 aromatic carbocycles. The molecule has 1 aromatic heterocycles. The van der Waals surface area contributed by atoms with Gasteiger partial charge in [0.05, 0.1) is 12.7 Å². The first-order valence-corrected chi connectivity index (χ1v) is 6.43. The van der Waals surface area contributed by atoms with Gasteiger partial charge in [0.1, 0.15) is 12.4 Å². The van der Waals surface area contributed by atoms with Crippen molar-refractivity contribution in [3.63, 3.8) is 0 Å². The molecular formula is C13H23N3O2. The zero-order valence-corrected chi connectivity index (χ0v) is 11.7. The van der Waals surface area contributed by atoms with E-state index >= 15 is 0 Å². The van der Waals surface area contributed by atoms with Crippen LogP contribution in [0.5, 0.6) is 11.8 Å². The SMILES string of the molecule is CCOc1cc(OCC(N)(CC)CC)nc(C)n1. The number of ether oxygens (including phenoxy) is 2. The quantitative estimate of drug-likeness (QED) is 0.805. The molecule has 1 heterocycles. The van der Waals surface area contributed by atoms with Crippen molar-refractivity contribution >= 4 is 0 Å². The van der Waals surface area contributed by atoms with Crippen molar-refractivity contribution in [3.05, 3.63) is 11.9 Å². The minimum absolute atomic E-state index is 0.301. The van der Waals surface area contributed by atoms with Crippen molar-refractivity contribution in [1.29, 1.82) is 0 Å². The van der Waals surface area contributed by atoms with E-state index in [0.717, 1.165) is 12.8 Å². The van der Waals surface area contributed by atoms with Crippen LogP contribution in [-0.4, -0.2) is 28.7 Å². The summed E-state index contributed by atoms with van der Waals surface area (Å²) in [6.45, 7) is 8.86. The zero-order valence-electron chi connectivity index (χ0n) is 11.7. The van der Waals surface area contributed by atoms with Crippen molar-refractivity contribution < 1.29 is 9.47 Å². The maximum atomic E-state index is 6.18. The van der Waals surface area contributed by atoms with E-state index in [1.165, 1.54) is 0 Å². The van der Waals surface area contributed by atoms with Crippen LogP contribution >= 0.6 is 0 Å². The molecule has 0 fully saturated rings. The number of aromatic nitrogens is 2. The Kier molecular flexibility index (Phi) is 5.34. The van der Waals surface area contributed by atoms with Crippen LogP contribution in [0, 0.1) is 6.92 Å². The summed E-state index contributed by atoms with van der Waals surface area (Å²) >= 11 is 0. The van der Waals surface area contributed by atoms with Crippen LogP contribution in [0.15, 0.2) is 6.07 Å². The molecule has 0 aliphatic rings. The molecule has 1 aromatic rings. The van der Waals surface area contributed by atoms with Crippen molar-refractivity contribution in [2.75, 3.05) is 13.2 Å². The highest BCUT2D eigenvalue weighted by Gasteiger charge is 2.21. The van der Waals surface area contributed by atoms with E-state index < -0.39 is 0 Å². The fourth-order valence-corrected chi connectivity index (χ4v) is 1.48. The first-order chi connectivity index (χ1) is 8.53. The lowest BCUT2D eigenvalue weighted by Gasteiger charge is -2.26. The summed E-state index contributed by atoms with van der Waals surface area (Å²) in [6, 6.07) is 1.70. The summed E-state index contributed by atoms with van der Waals surface area (Å²) in [7, 11) is 0. The molecule has 0 aliphatic carbocycles. The summed E-state index contributed by atoms with van der Waals surface area (Å²) < 4.78 is 11.0. The lowest BCUT2D eigenvalue weighted by molar-refractivity contribution is 0.198. The van der Waals surface area contributed by atoms with Gasteiger partial charge in [0, 0.05) is 5.54 Å². The maximum Gasteiger partial charge on any atom is 0.220 e. The van der Waals surface area contributed by atoms with Crippen molar-refractivity contribution in [1.82, 2.24) is 9.97 Å². The Labute approximate surface area is 109 Å². The second-order valence-electron chi connectivity index (χ2n) is 4.38. The third-order valence-electron chi connectivity index (χ3n) is 3.00. The molecule has 0 amide bonds. The molecular weight excluding hydrogens is 230 g/mol. The summed E-state index contributed by atoms with van der Waals surface area (Å²) in [6.07, 6.45) is 1.73. The van der Waals surface area contributed by atoms with Crippen LogP contribution in [0.25, 0.3) is 0 Å². The Morgan fingerprint density at radius 1 is 1.11 bits per heavy atom. The van der Waals surface area contributed by atoms with E-state index in [4.69, 9.17) is 15.2 Å². The summed E-state index contributed by atoms with van der Waals surface area (Å²) in [5.74, 6) is 1.69. The van der Waals surface area contributed by atoms with Crippen molar-refractivity contribution in [2.24, 2.45) is 5.73 Å². The molecule has 0 saturated heterocycles. The maximum absolute atomic E-state index is 6.18. The highest BCUT2D eigenvalue weighted by Crippen LogP contribution is 2.18. The number of aryl methyl sites for hydroxylation is 1. The zero-order chi connectivity index (χ0) is 13.6. The third kappa shape index (κ3) is 4.14. The van der Waals surface area contributed by atoms with Crippen LogP contribution in [0.1, 0.15) is 39.4 Å². The molecule has 2 N–H and O–H groups in total. The van der Waals surface area contributed by atoms with E-state index in [0.29, 0.717) is 30.8 Å². The summed E-state index contributed by atoms with van der Waals surface area (Å²) in [5.41, 5.74) is 5.88. The van der Waals surface area contributed by atoms with Crippen LogP contribution in [-0.2, 0) is 0 Å². The van der Waals surface area contributed by atoms with Gasteiger partial charge in [0.2, 0.25) is 11.8 Å². The number of rotatable bonds is 7. The standard InChI is InChI=1S/C13H23N3O2/c1-5-13(14,6-2)9-18-12-8-11(17-7-3)15-10(4)16-12/h8H,5-7,9,14H2,1-4H3. The molecule has 5 nitrogen and oxygen atoms in total. The lowest BCUT2D eigenvalue weighted by Crippen LogP contribution is -2.44. The second kappa shape index (κ2) is 6.54. The first-order valence-electron chi connectivity index (χ1n) is 6.43. The average molecular weight is 253 g/mol. The van der Waals surface area contributed by atoms with E-state index in [1.807, 2.05) is 13.8 Å². The smallest absolute Gasteiger partial charge is 0.220 e. The average Bonchev–Trinajstić information content (AvgIpc) is 2.36. The van der Waals surface area contributed by atoms with E-state index in [1.54, 1.807) is 6.07 Å². The van der Waals surface area contributed by atoms with Crippen LogP contribution in [0.3, 0.4) is 0 Å². The molecule has 5 heteroatoms. The van der Waals surface area contributed by atoms with E-state index in [-0.39, 0.29) is 5.54 Å². The fourth-order valence-electron chi connectivity index (χ4n) is 1.48. The van der Waals surface area contributed by atoms with Gasteiger partial charge in [-0.1, -0.05) is 13.8 Å². The lowest BCUT2D eigenvalue weighted by atomic mass is 9.96. The monoisotopic (exact) mass is 253 g/mol. The van der Waals surface area contributed by atoms with Gasteiger partial charge >= 0.3 is 0 Å². The van der Waals surface area contributed by atoms with Crippen LogP contribution in [0.4, 0.5) is 0 Å². The first kappa shape index (κ1) is 14.7. The molecule has 0 radical (unpaired) electrons. The predicted molar refractivity (Wildman–Crippen MR) is 70.9 cm³/mol. The van der Waals surface area contributed by atoms with Gasteiger partial charge < -0.3 is 15.2 Å². The molecule has 0 bridgehead atoms. The van der Waals surface area contributed by atoms with Gasteiger partial charge in [-0.05, 0) is 26.7 Å². The molecule has 0 spiro atoms. The number of nitrogens with zero attached hydrogens (tertiary/aromatic N) is 2. The van der Waals surface area contributed by atoms with Crippen molar-refractivity contribution in [3.8, 4) is 11.8 Å². The third-order valence-corrected chi connectivity index (χ3v) is 3.00. The van der Waals surface area contributed by atoms with Gasteiger partial charge in [-0.3, -0.25) is 0 Å². The molecule has 0 saturated carbocycles. The van der Waals surface area contributed by atoms with Gasteiger partial charge in [0.25, 0.3) is 0 Å². The Balaban J connectivity index is 2.72. The summed E-state index contributed by atoms with van der Waals surface area (Å²) in [5, 5.41) is 0. The van der Waals surface area contributed by atoms with Crippen molar-refractivity contribution in [2.45, 2.75) is 46.1 Å². The Bertz CT molecular complexity index is 378. The molecule has 0 unspecified atom stereocenters. The molecule has 0 atom stereocenters. The topological polar surface area (TPSA) is 70.3 Å². The van der Waals surface area contributed by atoms with E-state index in [2.05, 4.69) is 23.8 Å². The van der Waals surface area contributed by atoms with Gasteiger partial charge in [-0.15, -0.1) is 0 Å². The molecule has 0 aliphatic heterocycles. The van der Waals surface area contributed by atoms with Gasteiger partial charge in [0.15, 0.2) is 0 Å². The molecule has 102 valence electrons. The molecule has 18 heavy (non-hydrogen) atoms. The number of nitrogens with two attached hydrogens (primary N) is 1. The molecule has 1 rings (SSSR count). The number of hydrogen-bond acceptors (Lipinski definition) is 5. The largest absolute Gasteiger partial charge is 0.478 e. The second-order valence-corrected chi connectivity index (χ2v) is 4.38. The fraction of sp³-hybridized carbons (Fsp3) is 0.692. The highest BCUT2D eigenvalue weighted by molar-refractivity contribution is 5.20. The van der Waals surface area contributed by atoms with Gasteiger partial charge in [-0.25, -0.2) is 0 Å². The normalized spacial score (nSPS) is 11.4. The van der Waals surface area contributed by atoms with Crippen LogP contribution < -0.4 is 15.2 Å². The predicted octanol–water partition coefficient (Wildman–Crippen LogP) is 2.08. The Morgan fingerprint density at radius 2 is 1.67 bits per heavy atom. The number of hydrogen-bond donors (Lipinski definition) is 1. The Hall–Kier alpha value is -1.36. The minimum atomic E-state index is -0.301. The van der Waals surface area contributed by atoms with Crippen LogP contribution in [0.2, 0.25) is 0 Å². The van der Waals surface area contributed by atoms with Gasteiger partial charge in [-0.2, -0.15) is 9.97 Å². The van der Waals surface area contributed by atoms with E-state index in [9.17, 15) is 0 Å². The summed E-state index contributed by atoms with van der Waals surface area (Å²) in [4.78, 5) is 8.38.